The summed E-state index contributed by atoms with van der Waals surface area (Å²) in [5.74, 6) is -0.911. The van der Waals surface area contributed by atoms with Gasteiger partial charge in [-0.05, 0) is 24.5 Å². The molecule has 0 atom stereocenters. The zero-order valence-electron chi connectivity index (χ0n) is 12.3. The lowest BCUT2D eigenvalue weighted by atomic mass is 9.87. The Kier molecular flexibility index (Phi) is 3.45. The van der Waals surface area contributed by atoms with Crippen LogP contribution < -0.4 is 10.6 Å². The Balaban J connectivity index is 1.99. The quantitative estimate of drug-likeness (QED) is 0.832. The molecule has 0 bridgehead atoms. The van der Waals surface area contributed by atoms with E-state index in [0.29, 0.717) is 13.1 Å². The third-order valence-electron chi connectivity index (χ3n) is 4.66. The minimum Gasteiger partial charge on any atom is -0.336 e. The van der Waals surface area contributed by atoms with Crippen LogP contribution in [0.4, 0.5) is 5.69 Å². The fourth-order valence-corrected chi connectivity index (χ4v) is 3.37. The summed E-state index contributed by atoms with van der Waals surface area (Å²) in [5, 5.41) is 0. The van der Waals surface area contributed by atoms with Crippen LogP contribution in [0.5, 0.6) is 0 Å². The number of hydrogen-bond acceptors (Lipinski definition) is 3. The lowest BCUT2D eigenvalue weighted by molar-refractivity contribution is -0.145. The molecule has 1 aromatic rings. The highest BCUT2D eigenvalue weighted by Gasteiger charge is 2.37. The van der Waals surface area contributed by atoms with Crippen molar-refractivity contribution in [2.24, 2.45) is 5.73 Å². The predicted molar refractivity (Wildman–Crippen MR) is 80.8 cm³/mol. The maximum Gasteiger partial charge on any atom is 0.316 e. The molecule has 1 aliphatic carbocycles. The molecule has 112 valence electrons. The van der Waals surface area contributed by atoms with Crippen LogP contribution in [-0.4, -0.2) is 36.9 Å². The van der Waals surface area contributed by atoms with Crippen LogP contribution in [0.2, 0.25) is 0 Å². The molecule has 2 aliphatic rings. The molecule has 1 saturated heterocycles. The van der Waals surface area contributed by atoms with Gasteiger partial charge in [-0.15, -0.1) is 0 Å². The van der Waals surface area contributed by atoms with Crippen molar-refractivity contribution in [1.82, 2.24) is 4.90 Å². The molecule has 5 nitrogen and oxygen atoms in total. The van der Waals surface area contributed by atoms with Crippen molar-refractivity contribution in [1.29, 1.82) is 0 Å². The van der Waals surface area contributed by atoms with Gasteiger partial charge in [0, 0.05) is 31.4 Å². The van der Waals surface area contributed by atoms with Gasteiger partial charge in [-0.3, -0.25) is 9.59 Å². The van der Waals surface area contributed by atoms with Gasteiger partial charge in [0.1, 0.15) is 0 Å². The minimum absolute atomic E-state index is 0.372. The van der Waals surface area contributed by atoms with E-state index < -0.39 is 11.8 Å². The fourth-order valence-electron chi connectivity index (χ4n) is 3.37. The summed E-state index contributed by atoms with van der Waals surface area (Å²) in [4.78, 5) is 27.3. The van der Waals surface area contributed by atoms with Gasteiger partial charge in [-0.25, -0.2) is 0 Å². The van der Waals surface area contributed by atoms with Crippen LogP contribution in [-0.2, 0) is 15.1 Å². The third-order valence-corrected chi connectivity index (χ3v) is 4.66. The summed E-state index contributed by atoms with van der Waals surface area (Å²) in [6, 6.07) is 7.75. The normalized spacial score (nSPS) is 22.0. The van der Waals surface area contributed by atoms with E-state index in [1.54, 1.807) is 11.9 Å². The second kappa shape index (κ2) is 5.15. The maximum absolute atomic E-state index is 12.3. The number of piperazine rings is 1. The molecule has 0 aromatic heterocycles. The molecular weight excluding hydrogens is 266 g/mol. The molecule has 0 unspecified atom stereocenters. The molecular formula is C16H21N3O2. The van der Waals surface area contributed by atoms with Gasteiger partial charge < -0.3 is 15.5 Å². The predicted octanol–water partition coefficient (Wildman–Crippen LogP) is 1.22. The van der Waals surface area contributed by atoms with Gasteiger partial charge in [0.2, 0.25) is 0 Å². The Labute approximate surface area is 124 Å². The highest BCUT2D eigenvalue weighted by Crippen LogP contribution is 2.40. The number of likely N-dealkylation sites (N-methyl/N-ethyl adjacent to an activating group) is 1. The number of nitrogens with two attached hydrogens (primary N) is 1. The van der Waals surface area contributed by atoms with Gasteiger partial charge in [-0.1, -0.05) is 31.0 Å². The topological polar surface area (TPSA) is 66.6 Å². The fraction of sp³-hybridized carbons (Fsp3) is 0.500. The van der Waals surface area contributed by atoms with Crippen LogP contribution in [0.3, 0.4) is 0 Å². The first kappa shape index (κ1) is 14.1. The number of benzene rings is 1. The van der Waals surface area contributed by atoms with Crippen molar-refractivity contribution in [3.05, 3.63) is 29.8 Å². The molecule has 5 heteroatoms. The van der Waals surface area contributed by atoms with Crippen LogP contribution in [0.25, 0.3) is 0 Å². The van der Waals surface area contributed by atoms with Crippen molar-refractivity contribution in [3.8, 4) is 0 Å². The second-order valence-electron chi connectivity index (χ2n) is 6.06. The monoisotopic (exact) mass is 287 g/mol. The molecule has 2 amide bonds. The van der Waals surface area contributed by atoms with Crippen LogP contribution in [0.15, 0.2) is 24.3 Å². The van der Waals surface area contributed by atoms with Gasteiger partial charge in [0.05, 0.1) is 0 Å². The molecule has 3 rings (SSSR count). The number of carbonyl (C=O) groups excluding carboxylic acids is 2. The number of rotatable bonds is 2. The number of amides is 2. The molecule has 1 aliphatic heterocycles. The molecule has 21 heavy (non-hydrogen) atoms. The Bertz CT molecular complexity index is 579. The molecule has 2 N–H and O–H groups in total. The summed E-state index contributed by atoms with van der Waals surface area (Å²) < 4.78 is 0. The van der Waals surface area contributed by atoms with E-state index in [1.165, 1.54) is 4.90 Å². The second-order valence-corrected chi connectivity index (χ2v) is 6.06. The highest BCUT2D eigenvalue weighted by atomic mass is 16.2. The van der Waals surface area contributed by atoms with Crippen molar-refractivity contribution in [2.45, 2.75) is 31.2 Å². The van der Waals surface area contributed by atoms with E-state index in [-0.39, 0.29) is 5.54 Å². The van der Waals surface area contributed by atoms with Crippen molar-refractivity contribution in [3.63, 3.8) is 0 Å². The number of para-hydroxylation sites is 1. The van der Waals surface area contributed by atoms with Crippen molar-refractivity contribution in [2.75, 3.05) is 25.0 Å². The Morgan fingerprint density at radius 1 is 1.05 bits per heavy atom. The first-order valence-electron chi connectivity index (χ1n) is 7.48. The summed E-state index contributed by atoms with van der Waals surface area (Å²) in [5.41, 5.74) is 7.98. The Morgan fingerprint density at radius 3 is 2.43 bits per heavy atom. The van der Waals surface area contributed by atoms with E-state index in [4.69, 9.17) is 5.73 Å². The van der Waals surface area contributed by atoms with Gasteiger partial charge in [-0.2, -0.15) is 0 Å². The largest absolute Gasteiger partial charge is 0.336 e. The Morgan fingerprint density at radius 2 is 1.71 bits per heavy atom. The van der Waals surface area contributed by atoms with E-state index in [1.807, 2.05) is 24.3 Å². The summed E-state index contributed by atoms with van der Waals surface area (Å²) in [6.07, 6.45) is 4.08. The summed E-state index contributed by atoms with van der Waals surface area (Å²) in [6.45, 7) is 1.07. The number of nitrogens with zero attached hydrogens (tertiary/aromatic N) is 2. The first-order valence-corrected chi connectivity index (χ1v) is 7.48. The molecule has 1 heterocycles. The zero-order chi connectivity index (χ0) is 15.0. The van der Waals surface area contributed by atoms with E-state index in [2.05, 4.69) is 0 Å². The molecule has 0 radical (unpaired) electrons. The average molecular weight is 287 g/mol. The lowest BCUT2D eigenvalue weighted by Gasteiger charge is -2.35. The number of carbonyl (C=O) groups is 2. The van der Waals surface area contributed by atoms with Crippen molar-refractivity contribution >= 4 is 17.5 Å². The third kappa shape index (κ3) is 2.31. The SMILES string of the molecule is CN1CCN(c2ccccc2C2(N)CCCC2)C(=O)C1=O. The highest BCUT2D eigenvalue weighted by molar-refractivity contribution is 6.41. The first-order chi connectivity index (χ1) is 10.0. The minimum atomic E-state index is -0.460. The van der Waals surface area contributed by atoms with E-state index >= 15 is 0 Å². The smallest absolute Gasteiger partial charge is 0.316 e. The average Bonchev–Trinajstić information content (AvgIpc) is 2.93. The van der Waals surface area contributed by atoms with E-state index in [0.717, 1.165) is 36.9 Å². The van der Waals surface area contributed by atoms with Gasteiger partial charge >= 0.3 is 11.8 Å². The van der Waals surface area contributed by atoms with E-state index in [9.17, 15) is 9.59 Å². The maximum atomic E-state index is 12.3. The van der Waals surface area contributed by atoms with Crippen molar-refractivity contribution < 1.29 is 9.59 Å². The number of hydrogen-bond donors (Lipinski definition) is 1. The molecule has 0 spiro atoms. The standard InChI is InChI=1S/C16H21N3O2/c1-18-10-11-19(15(21)14(18)20)13-7-3-2-6-12(13)16(17)8-4-5-9-16/h2-3,6-7H,4-5,8-11,17H2,1H3. The molecule has 2 fully saturated rings. The van der Waals surface area contributed by atoms with Crippen LogP contribution in [0.1, 0.15) is 31.2 Å². The van der Waals surface area contributed by atoms with Gasteiger partial charge in [0.15, 0.2) is 0 Å². The van der Waals surface area contributed by atoms with Crippen LogP contribution >= 0.6 is 0 Å². The zero-order valence-corrected chi connectivity index (χ0v) is 12.3. The lowest BCUT2D eigenvalue weighted by Crippen LogP contribution is -2.53. The summed E-state index contributed by atoms with van der Waals surface area (Å²) in [7, 11) is 1.66. The summed E-state index contributed by atoms with van der Waals surface area (Å²) >= 11 is 0. The Hall–Kier alpha value is -1.88. The molecule has 1 aromatic carbocycles. The van der Waals surface area contributed by atoms with Crippen LogP contribution in [0, 0.1) is 0 Å². The van der Waals surface area contributed by atoms with Gasteiger partial charge in [0.25, 0.3) is 0 Å². The number of anilines is 1. The molecule has 1 saturated carbocycles.